The van der Waals surface area contributed by atoms with Gasteiger partial charge in [-0.3, -0.25) is 14.3 Å². The Morgan fingerprint density at radius 1 is 1.37 bits per heavy atom. The maximum Gasteiger partial charge on any atom is 0.330 e. The third kappa shape index (κ3) is 2.46. The predicted molar refractivity (Wildman–Crippen MR) is 60.3 cm³/mol. The summed E-state index contributed by atoms with van der Waals surface area (Å²) in [6, 6.07) is 1.06. The fourth-order valence-corrected chi connectivity index (χ4v) is 1.97. The van der Waals surface area contributed by atoms with Gasteiger partial charge < -0.3 is 25.2 Å². The highest BCUT2D eigenvalue weighted by Crippen LogP contribution is 2.29. The molecule has 1 aromatic rings. The van der Waals surface area contributed by atoms with Crippen LogP contribution in [0.2, 0.25) is 0 Å². The van der Waals surface area contributed by atoms with Gasteiger partial charge in [0.25, 0.3) is 5.56 Å². The van der Waals surface area contributed by atoms with Crippen LogP contribution in [-0.2, 0) is 4.74 Å². The Kier molecular flexibility index (Phi) is 3.83. The van der Waals surface area contributed by atoms with Gasteiger partial charge in [-0.25, -0.2) is 4.79 Å². The van der Waals surface area contributed by atoms with E-state index in [1.54, 1.807) is 0 Å². The van der Waals surface area contributed by atoms with Crippen molar-refractivity contribution >= 4 is 0 Å². The number of H-pyrrole nitrogens is 1. The van der Waals surface area contributed by atoms with Crippen molar-refractivity contribution in [2.24, 2.45) is 0 Å². The first-order valence-electron chi connectivity index (χ1n) is 5.57. The molecule has 2 heterocycles. The standard InChI is InChI=1S/C10H14N2O7/c13-3-4(14)8-6(16)7(17)9(19-8)12-2-1-5(15)11-10(12)18/h1-2,4,6-9,13-14,16-17H,3H2,(H,11,15,18)/t4?,6-,7?,8+,9+/m0/s1. The number of hydrogen-bond donors (Lipinski definition) is 5. The van der Waals surface area contributed by atoms with Crippen LogP contribution in [0.1, 0.15) is 6.23 Å². The Morgan fingerprint density at radius 3 is 2.63 bits per heavy atom. The molecule has 5 atom stereocenters. The molecule has 0 amide bonds. The van der Waals surface area contributed by atoms with E-state index in [0.717, 1.165) is 16.8 Å². The Hall–Kier alpha value is -1.52. The number of nitrogens with one attached hydrogen (secondary N) is 1. The lowest BCUT2D eigenvalue weighted by Gasteiger charge is -2.18. The van der Waals surface area contributed by atoms with Gasteiger partial charge in [-0.15, -0.1) is 0 Å². The predicted octanol–water partition coefficient (Wildman–Crippen LogP) is -3.49. The summed E-state index contributed by atoms with van der Waals surface area (Å²) >= 11 is 0. The largest absolute Gasteiger partial charge is 0.394 e. The molecule has 5 N–H and O–H groups in total. The van der Waals surface area contributed by atoms with Crippen molar-refractivity contribution in [1.82, 2.24) is 9.55 Å². The minimum absolute atomic E-state index is 0.610. The lowest BCUT2D eigenvalue weighted by molar-refractivity contribution is -0.0982. The van der Waals surface area contributed by atoms with Crippen molar-refractivity contribution in [2.75, 3.05) is 6.61 Å². The summed E-state index contributed by atoms with van der Waals surface area (Å²) in [5.74, 6) is 0. The van der Waals surface area contributed by atoms with Crippen LogP contribution >= 0.6 is 0 Å². The van der Waals surface area contributed by atoms with E-state index in [-0.39, 0.29) is 0 Å². The van der Waals surface area contributed by atoms with Crippen LogP contribution in [-0.4, -0.2) is 61.0 Å². The van der Waals surface area contributed by atoms with Crippen molar-refractivity contribution in [3.05, 3.63) is 33.1 Å². The molecule has 0 aliphatic carbocycles. The zero-order chi connectivity index (χ0) is 14.2. The number of aliphatic hydroxyl groups is 4. The summed E-state index contributed by atoms with van der Waals surface area (Å²) in [6.45, 7) is -0.665. The highest BCUT2D eigenvalue weighted by molar-refractivity contribution is 4.95. The molecule has 1 aliphatic rings. The van der Waals surface area contributed by atoms with Gasteiger partial charge in [0.15, 0.2) is 6.23 Å². The summed E-state index contributed by atoms with van der Waals surface area (Å²) in [6.07, 6.45) is -5.72. The Labute approximate surface area is 106 Å². The number of aromatic nitrogens is 2. The quantitative estimate of drug-likeness (QED) is 0.384. The second-order valence-electron chi connectivity index (χ2n) is 4.24. The molecule has 19 heavy (non-hydrogen) atoms. The van der Waals surface area contributed by atoms with Crippen LogP contribution in [0.5, 0.6) is 0 Å². The maximum atomic E-state index is 11.5. The van der Waals surface area contributed by atoms with Gasteiger partial charge >= 0.3 is 5.69 Å². The summed E-state index contributed by atoms with van der Waals surface area (Å²) in [5.41, 5.74) is -1.43. The van der Waals surface area contributed by atoms with E-state index in [9.17, 15) is 24.9 Å². The SMILES string of the molecule is O=c1ccn([C@@H]2O[C@H](C(O)CO)[C@@H](O)C2O)c(=O)[nH]1. The molecule has 0 bridgehead atoms. The summed E-state index contributed by atoms with van der Waals surface area (Å²) in [5, 5.41) is 37.7. The molecule has 106 valence electrons. The molecule has 1 saturated heterocycles. The van der Waals surface area contributed by atoms with E-state index in [1.807, 2.05) is 4.98 Å². The Morgan fingerprint density at radius 2 is 2.05 bits per heavy atom. The topological polar surface area (TPSA) is 145 Å². The number of hydrogen-bond acceptors (Lipinski definition) is 7. The minimum Gasteiger partial charge on any atom is -0.394 e. The molecule has 0 aromatic carbocycles. The molecule has 9 nitrogen and oxygen atoms in total. The van der Waals surface area contributed by atoms with E-state index >= 15 is 0 Å². The van der Waals surface area contributed by atoms with Crippen molar-refractivity contribution in [3.8, 4) is 0 Å². The summed E-state index contributed by atoms with van der Waals surface area (Å²) in [7, 11) is 0. The van der Waals surface area contributed by atoms with Crippen molar-refractivity contribution in [2.45, 2.75) is 30.6 Å². The minimum atomic E-state index is -1.48. The van der Waals surface area contributed by atoms with Gasteiger partial charge in [-0.2, -0.15) is 0 Å². The molecule has 2 unspecified atom stereocenters. The first-order chi connectivity index (χ1) is 8.95. The average Bonchev–Trinajstić information content (AvgIpc) is 2.66. The normalized spacial score (nSPS) is 32.4. The Bertz CT molecular complexity index is 553. The smallest absolute Gasteiger partial charge is 0.330 e. The lowest BCUT2D eigenvalue weighted by Crippen LogP contribution is -2.40. The molecule has 1 fully saturated rings. The van der Waals surface area contributed by atoms with Gasteiger partial charge in [0, 0.05) is 12.3 Å². The first-order valence-corrected chi connectivity index (χ1v) is 5.57. The van der Waals surface area contributed by atoms with E-state index in [1.165, 1.54) is 0 Å². The van der Waals surface area contributed by atoms with Crippen molar-refractivity contribution in [3.63, 3.8) is 0 Å². The highest BCUT2D eigenvalue weighted by Gasteiger charge is 2.46. The second kappa shape index (κ2) is 5.23. The zero-order valence-electron chi connectivity index (χ0n) is 9.71. The Balaban J connectivity index is 2.31. The highest BCUT2D eigenvalue weighted by atomic mass is 16.6. The molecule has 0 radical (unpaired) electrons. The molecular weight excluding hydrogens is 260 g/mol. The van der Waals surface area contributed by atoms with E-state index in [4.69, 9.17) is 9.84 Å². The monoisotopic (exact) mass is 274 g/mol. The van der Waals surface area contributed by atoms with Crippen molar-refractivity contribution < 1.29 is 25.2 Å². The van der Waals surface area contributed by atoms with E-state index in [0.29, 0.717) is 0 Å². The number of ether oxygens (including phenoxy) is 1. The summed E-state index contributed by atoms with van der Waals surface area (Å²) in [4.78, 5) is 24.5. The fourth-order valence-electron chi connectivity index (χ4n) is 1.97. The van der Waals surface area contributed by atoms with Crippen LogP contribution in [0, 0.1) is 0 Å². The average molecular weight is 274 g/mol. The van der Waals surface area contributed by atoms with Crippen molar-refractivity contribution in [1.29, 1.82) is 0 Å². The number of aliphatic hydroxyl groups excluding tert-OH is 4. The maximum absolute atomic E-state index is 11.5. The van der Waals surface area contributed by atoms with Gasteiger partial charge in [0.05, 0.1) is 6.61 Å². The van der Waals surface area contributed by atoms with Gasteiger partial charge in [0.2, 0.25) is 0 Å². The molecule has 0 saturated carbocycles. The van der Waals surface area contributed by atoms with Gasteiger partial charge in [-0.1, -0.05) is 0 Å². The first kappa shape index (κ1) is 13.9. The molecule has 1 aliphatic heterocycles. The zero-order valence-corrected chi connectivity index (χ0v) is 9.71. The number of rotatable bonds is 3. The van der Waals surface area contributed by atoms with E-state index in [2.05, 4.69) is 0 Å². The summed E-state index contributed by atoms with van der Waals surface area (Å²) < 4.78 is 6.06. The third-order valence-corrected chi connectivity index (χ3v) is 2.97. The van der Waals surface area contributed by atoms with Crippen LogP contribution in [0.4, 0.5) is 0 Å². The second-order valence-corrected chi connectivity index (χ2v) is 4.24. The number of nitrogens with zero attached hydrogens (tertiary/aromatic N) is 1. The molecule has 9 heteroatoms. The van der Waals surface area contributed by atoms with Gasteiger partial charge in [0.1, 0.15) is 24.4 Å². The molecule has 2 rings (SSSR count). The van der Waals surface area contributed by atoms with Crippen LogP contribution in [0.15, 0.2) is 21.9 Å². The van der Waals surface area contributed by atoms with E-state index < -0.39 is 48.5 Å². The van der Waals surface area contributed by atoms with Crippen LogP contribution in [0.25, 0.3) is 0 Å². The third-order valence-electron chi connectivity index (χ3n) is 2.97. The van der Waals surface area contributed by atoms with Crippen LogP contribution in [0.3, 0.4) is 0 Å². The molecule has 1 aromatic heterocycles. The van der Waals surface area contributed by atoms with Gasteiger partial charge in [-0.05, 0) is 0 Å². The molecular formula is C10H14N2O7. The molecule has 0 spiro atoms. The van der Waals surface area contributed by atoms with Crippen LogP contribution < -0.4 is 11.2 Å². The lowest BCUT2D eigenvalue weighted by atomic mass is 10.1. The number of aromatic amines is 1. The fraction of sp³-hybridized carbons (Fsp3) is 0.600.